The van der Waals surface area contributed by atoms with Crippen LogP contribution >= 0.6 is 0 Å². The first-order valence-electron chi connectivity index (χ1n) is 4.21. The van der Waals surface area contributed by atoms with Crippen LogP contribution in [0.25, 0.3) is 0 Å². The van der Waals surface area contributed by atoms with Gasteiger partial charge in [-0.2, -0.15) is 0 Å². The fourth-order valence-electron chi connectivity index (χ4n) is 0.991. The van der Waals surface area contributed by atoms with Crippen LogP contribution in [-0.4, -0.2) is 12.5 Å². The molecule has 0 aliphatic carbocycles. The minimum absolute atomic E-state index is 0.256. The van der Waals surface area contributed by atoms with E-state index in [9.17, 15) is 9.18 Å². The Bertz CT molecular complexity index is 317. The van der Waals surface area contributed by atoms with Gasteiger partial charge in [0.1, 0.15) is 5.82 Å². The fraction of sp³-hybridized carbons (Fsp3) is 0.222. The predicted octanol–water partition coefficient (Wildman–Crippen LogP) is 0.618. The number of halogens is 1. The Morgan fingerprint density at radius 3 is 2.93 bits per heavy atom. The molecule has 0 aliphatic rings. The van der Waals surface area contributed by atoms with Gasteiger partial charge in [-0.05, 0) is 18.2 Å². The van der Waals surface area contributed by atoms with Crippen molar-refractivity contribution < 1.29 is 9.18 Å². The van der Waals surface area contributed by atoms with Crippen molar-refractivity contribution in [1.82, 2.24) is 5.43 Å². The van der Waals surface area contributed by atoms with Crippen LogP contribution in [0.4, 0.5) is 10.1 Å². The summed E-state index contributed by atoms with van der Waals surface area (Å²) in [6.07, 6.45) is 0.257. The van der Waals surface area contributed by atoms with Gasteiger partial charge in [0.25, 0.3) is 0 Å². The number of carbonyl (C=O) groups is 1. The van der Waals surface area contributed by atoms with Crippen molar-refractivity contribution in [3.8, 4) is 0 Å². The highest BCUT2D eigenvalue weighted by molar-refractivity contribution is 5.75. The molecule has 0 bridgehead atoms. The van der Waals surface area contributed by atoms with Gasteiger partial charge in [-0.25, -0.2) is 10.2 Å². The summed E-state index contributed by atoms with van der Waals surface area (Å²) >= 11 is 0. The van der Waals surface area contributed by atoms with Crippen molar-refractivity contribution in [3.63, 3.8) is 0 Å². The number of nitrogens with one attached hydrogen (secondary N) is 2. The van der Waals surface area contributed by atoms with Gasteiger partial charge < -0.3 is 5.32 Å². The Balaban J connectivity index is 2.35. The van der Waals surface area contributed by atoms with Gasteiger partial charge in [-0.3, -0.25) is 10.2 Å². The lowest BCUT2D eigenvalue weighted by Crippen LogP contribution is -2.31. The average molecular weight is 197 g/mol. The van der Waals surface area contributed by atoms with E-state index in [1.165, 1.54) is 12.1 Å². The zero-order valence-corrected chi connectivity index (χ0v) is 7.59. The Kier molecular flexibility index (Phi) is 3.87. The normalized spacial score (nSPS) is 9.57. The molecule has 0 fully saturated rings. The van der Waals surface area contributed by atoms with Crippen molar-refractivity contribution in [3.05, 3.63) is 30.1 Å². The minimum atomic E-state index is -0.307. The number of carbonyl (C=O) groups excluding carboxylic acids is 1. The van der Waals surface area contributed by atoms with Gasteiger partial charge in [-0.1, -0.05) is 6.07 Å². The van der Waals surface area contributed by atoms with E-state index in [1.807, 2.05) is 5.43 Å². The van der Waals surface area contributed by atoms with Gasteiger partial charge in [0.15, 0.2) is 0 Å². The van der Waals surface area contributed by atoms with Gasteiger partial charge in [-0.15, -0.1) is 0 Å². The lowest BCUT2D eigenvalue weighted by molar-refractivity contribution is -0.120. The molecular formula is C9H12FN3O. The molecule has 1 amide bonds. The quantitative estimate of drug-likeness (QED) is 0.376. The van der Waals surface area contributed by atoms with Crippen LogP contribution in [0.1, 0.15) is 6.42 Å². The van der Waals surface area contributed by atoms with E-state index >= 15 is 0 Å². The van der Waals surface area contributed by atoms with Gasteiger partial charge >= 0.3 is 0 Å². The van der Waals surface area contributed by atoms with Crippen LogP contribution < -0.4 is 16.6 Å². The van der Waals surface area contributed by atoms with Gasteiger partial charge in [0, 0.05) is 18.7 Å². The fourth-order valence-corrected chi connectivity index (χ4v) is 0.991. The average Bonchev–Trinajstić information content (AvgIpc) is 2.17. The molecule has 0 saturated heterocycles. The summed E-state index contributed by atoms with van der Waals surface area (Å²) in [5, 5.41) is 2.89. The SMILES string of the molecule is NNC(=O)CCNc1cccc(F)c1. The van der Waals surface area contributed by atoms with Crippen LogP contribution in [0, 0.1) is 5.82 Å². The molecule has 14 heavy (non-hydrogen) atoms. The van der Waals surface area contributed by atoms with Crippen molar-refractivity contribution in [2.75, 3.05) is 11.9 Å². The summed E-state index contributed by atoms with van der Waals surface area (Å²) in [4.78, 5) is 10.7. The number of anilines is 1. The summed E-state index contributed by atoms with van der Waals surface area (Å²) in [6, 6.07) is 6.04. The number of hydrazine groups is 1. The second-order valence-corrected chi connectivity index (χ2v) is 2.75. The lowest BCUT2D eigenvalue weighted by atomic mass is 10.3. The second kappa shape index (κ2) is 5.18. The standard InChI is InChI=1S/C9H12FN3O/c10-7-2-1-3-8(6-7)12-5-4-9(14)13-11/h1-3,6,12H,4-5,11H2,(H,13,14). The molecule has 0 radical (unpaired) electrons. The van der Waals surface area contributed by atoms with E-state index in [-0.39, 0.29) is 18.1 Å². The van der Waals surface area contributed by atoms with Crippen LogP contribution in [0.2, 0.25) is 0 Å². The van der Waals surface area contributed by atoms with E-state index in [0.717, 1.165) is 0 Å². The Morgan fingerprint density at radius 1 is 1.50 bits per heavy atom. The maximum Gasteiger partial charge on any atom is 0.235 e. The third-order valence-corrected chi connectivity index (χ3v) is 1.67. The largest absolute Gasteiger partial charge is 0.384 e. The zero-order chi connectivity index (χ0) is 10.4. The van der Waals surface area contributed by atoms with Crippen LogP contribution in [-0.2, 0) is 4.79 Å². The van der Waals surface area contributed by atoms with Crippen LogP contribution in [0.15, 0.2) is 24.3 Å². The number of hydrogen-bond donors (Lipinski definition) is 3. The summed E-state index contributed by atoms with van der Waals surface area (Å²) < 4.78 is 12.7. The highest BCUT2D eigenvalue weighted by atomic mass is 19.1. The molecule has 0 unspecified atom stereocenters. The minimum Gasteiger partial charge on any atom is -0.384 e. The molecule has 76 valence electrons. The predicted molar refractivity (Wildman–Crippen MR) is 51.8 cm³/mol. The van der Waals surface area contributed by atoms with Crippen molar-refractivity contribution in [2.45, 2.75) is 6.42 Å². The summed E-state index contributed by atoms with van der Waals surface area (Å²) in [7, 11) is 0. The second-order valence-electron chi connectivity index (χ2n) is 2.75. The third-order valence-electron chi connectivity index (χ3n) is 1.67. The Hall–Kier alpha value is -1.62. The molecule has 0 aromatic heterocycles. The van der Waals surface area contributed by atoms with Crippen molar-refractivity contribution in [1.29, 1.82) is 0 Å². The summed E-state index contributed by atoms with van der Waals surface area (Å²) in [5.74, 6) is 4.33. The highest BCUT2D eigenvalue weighted by Gasteiger charge is 1.98. The Labute approximate surface area is 81.3 Å². The van der Waals surface area contributed by atoms with E-state index in [1.54, 1.807) is 12.1 Å². The molecule has 0 heterocycles. The number of benzene rings is 1. The van der Waals surface area contributed by atoms with Crippen molar-refractivity contribution >= 4 is 11.6 Å². The number of hydrogen-bond acceptors (Lipinski definition) is 3. The lowest BCUT2D eigenvalue weighted by Gasteiger charge is -2.05. The highest BCUT2D eigenvalue weighted by Crippen LogP contribution is 2.08. The molecule has 5 heteroatoms. The van der Waals surface area contributed by atoms with Crippen LogP contribution in [0.3, 0.4) is 0 Å². The van der Waals surface area contributed by atoms with E-state index in [2.05, 4.69) is 5.32 Å². The molecule has 0 atom stereocenters. The maximum atomic E-state index is 12.7. The zero-order valence-electron chi connectivity index (χ0n) is 7.59. The number of nitrogens with two attached hydrogens (primary N) is 1. The first-order chi connectivity index (χ1) is 6.72. The molecular weight excluding hydrogens is 185 g/mol. The maximum absolute atomic E-state index is 12.7. The van der Waals surface area contributed by atoms with Gasteiger partial charge in [0.05, 0.1) is 0 Å². The summed E-state index contributed by atoms with van der Waals surface area (Å²) in [5.41, 5.74) is 2.66. The smallest absolute Gasteiger partial charge is 0.235 e. The summed E-state index contributed by atoms with van der Waals surface area (Å²) in [6.45, 7) is 0.423. The molecule has 1 aromatic rings. The third kappa shape index (κ3) is 3.40. The monoisotopic (exact) mass is 197 g/mol. The van der Waals surface area contributed by atoms with Crippen molar-refractivity contribution in [2.24, 2.45) is 5.84 Å². The topological polar surface area (TPSA) is 67.1 Å². The Morgan fingerprint density at radius 2 is 2.29 bits per heavy atom. The molecule has 4 N–H and O–H groups in total. The van der Waals surface area contributed by atoms with E-state index in [0.29, 0.717) is 12.2 Å². The molecule has 0 spiro atoms. The van der Waals surface area contributed by atoms with Gasteiger partial charge in [0.2, 0.25) is 5.91 Å². The van der Waals surface area contributed by atoms with Crippen LogP contribution in [0.5, 0.6) is 0 Å². The molecule has 4 nitrogen and oxygen atoms in total. The first-order valence-corrected chi connectivity index (χ1v) is 4.21. The molecule has 0 saturated carbocycles. The molecule has 0 aliphatic heterocycles. The molecule has 1 aromatic carbocycles. The first kappa shape index (κ1) is 10.5. The molecule has 1 rings (SSSR count). The number of amides is 1. The van der Waals surface area contributed by atoms with E-state index < -0.39 is 0 Å². The number of rotatable bonds is 4. The van der Waals surface area contributed by atoms with E-state index in [4.69, 9.17) is 5.84 Å².